The minimum Gasteiger partial charge on any atom is -0.493 e. The van der Waals surface area contributed by atoms with Gasteiger partial charge in [0.05, 0.1) is 35.1 Å². The van der Waals surface area contributed by atoms with Crippen LogP contribution >= 0.6 is 11.6 Å². The van der Waals surface area contributed by atoms with Gasteiger partial charge in [0.15, 0.2) is 11.5 Å². The molecule has 0 spiro atoms. The number of ether oxygens (including phenoxy) is 2. The van der Waals surface area contributed by atoms with Crippen LogP contribution in [-0.4, -0.2) is 24.4 Å². The summed E-state index contributed by atoms with van der Waals surface area (Å²) in [6, 6.07) is 9.45. The summed E-state index contributed by atoms with van der Waals surface area (Å²) in [7, 11) is 1.55. The molecule has 0 radical (unpaired) electrons. The molecule has 0 fully saturated rings. The van der Waals surface area contributed by atoms with Gasteiger partial charge in [-0.05, 0) is 43.2 Å². The average Bonchev–Trinajstić information content (AvgIpc) is 2.63. The lowest BCUT2D eigenvalue weighted by Crippen LogP contribution is -2.11. The van der Waals surface area contributed by atoms with Gasteiger partial charge in [0.1, 0.15) is 0 Å². The third kappa shape index (κ3) is 5.10. The van der Waals surface area contributed by atoms with E-state index in [1.807, 2.05) is 13.8 Å². The summed E-state index contributed by atoms with van der Waals surface area (Å²) in [5.74, 6) is 1.03. The molecule has 0 heterocycles. The molecule has 0 aromatic heterocycles. The Balaban J connectivity index is 2.12. The fourth-order valence-electron chi connectivity index (χ4n) is 2.05. The quantitative estimate of drug-likeness (QED) is 0.402. The normalized spacial score (nSPS) is 12.0. The Hall–Kier alpha value is -2.80. The molecule has 2 aromatic carbocycles. The smallest absolute Gasteiger partial charge is 0.269 e. The fourth-order valence-corrected chi connectivity index (χ4v) is 2.32. The standard InChI is InChI=1S/C18H20ClN3O4/c1-4-12(2)26-18-16(19)9-13(10-17(18)25-3)11-20-21-14-5-7-15(8-6-14)22(23)24/h5-12,21H,4H2,1-3H3/b20-11+/t12-/m0/s1. The maximum atomic E-state index is 10.6. The van der Waals surface area contributed by atoms with Crippen molar-refractivity contribution in [1.29, 1.82) is 0 Å². The minimum absolute atomic E-state index is 0.0183. The second-order valence-corrected chi connectivity index (χ2v) is 5.95. The Labute approximate surface area is 156 Å². The van der Waals surface area contributed by atoms with Crippen LogP contribution in [0.4, 0.5) is 11.4 Å². The third-order valence-corrected chi connectivity index (χ3v) is 3.91. The summed E-state index contributed by atoms with van der Waals surface area (Å²) in [4.78, 5) is 10.2. The van der Waals surface area contributed by atoms with Crippen molar-refractivity contribution in [3.63, 3.8) is 0 Å². The average molecular weight is 378 g/mol. The zero-order valence-electron chi connectivity index (χ0n) is 14.7. The Morgan fingerprint density at radius 1 is 1.35 bits per heavy atom. The maximum Gasteiger partial charge on any atom is 0.269 e. The van der Waals surface area contributed by atoms with Crippen molar-refractivity contribution in [2.75, 3.05) is 12.5 Å². The van der Waals surface area contributed by atoms with Gasteiger partial charge in [-0.15, -0.1) is 0 Å². The Morgan fingerprint density at radius 3 is 2.62 bits per heavy atom. The van der Waals surface area contributed by atoms with Crippen molar-refractivity contribution >= 4 is 29.2 Å². The molecule has 2 aromatic rings. The number of hydrogen-bond donors (Lipinski definition) is 1. The van der Waals surface area contributed by atoms with E-state index in [9.17, 15) is 10.1 Å². The first-order chi connectivity index (χ1) is 12.4. The van der Waals surface area contributed by atoms with Crippen LogP contribution in [0.5, 0.6) is 11.5 Å². The van der Waals surface area contributed by atoms with Gasteiger partial charge in [0, 0.05) is 12.1 Å². The predicted octanol–water partition coefficient (Wildman–Crippen LogP) is 4.88. The largest absolute Gasteiger partial charge is 0.493 e. The van der Waals surface area contributed by atoms with E-state index < -0.39 is 4.92 Å². The van der Waals surface area contributed by atoms with E-state index in [1.165, 1.54) is 12.1 Å². The van der Waals surface area contributed by atoms with Gasteiger partial charge in [-0.25, -0.2) is 0 Å². The maximum absolute atomic E-state index is 10.6. The lowest BCUT2D eigenvalue weighted by atomic mass is 10.2. The van der Waals surface area contributed by atoms with Crippen molar-refractivity contribution in [3.05, 3.63) is 57.1 Å². The molecule has 1 N–H and O–H groups in total. The molecule has 0 amide bonds. The number of non-ortho nitro benzene ring substituents is 1. The first-order valence-corrected chi connectivity index (χ1v) is 8.40. The molecule has 0 saturated heterocycles. The van der Waals surface area contributed by atoms with Crippen LogP contribution in [0.1, 0.15) is 25.8 Å². The first-order valence-electron chi connectivity index (χ1n) is 8.02. The van der Waals surface area contributed by atoms with E-state index in [0.717, 1.165) is 12.0 Å². The second-order valence-electron chi connectivity index (χ2n) is 5.54. The number of methoxy groups -OCH3 is 1. The zero-order valence-corrected chi connectivity index (χ0v) is 15.5. The fraction of sp³-hybridized carbons (Fsp3) is 0.278. The predicted molar refractivity (Wildman–Crippen MR) is 103 cm³/mol. The molecule has 7 nitrogen and oxygen atoms in total. The van der Waals surface area contributed by atoms with E-state index in [1.54, 1.807) is 37.6 Å². The topological polar surface area (TPSA) is 86.0 Å². The van der Waals surface area contributed by atoms with Crippen LogP contribution in [0.2, 0.25) is 5.02 Å². The van der Waals surface area contributed by atoms with E-state index in [-0.39, 0.29) is 11.8 Å². The Kier molecular flexibility index (Phi) is 6.80. The summed E-state index contributed by atoms with van der Waals surface area (Å²) in [5, 5.41) is 15.2. The highest BCUT2D eigenvalue weighted by atomic mass is 35.5. The number of nitro benzene ring substituents is 1. The molecule has 2 rings (SSSR count). The molecule has 26 heavy (non-hydrogen) atoms. The van der Waals surface area contributed by atoms with Crippen molar-refractivity contribution in [3.8, 4) is 11.5 Å². The van der Waals surface area contributed by atoms with Gasteiger partial charge >= 0.3 is 0 Å². The number of hydrogen-bond acceptors (Lipinski definition) is 6. The summed E-state index contributed by atoms with van der Waals surface area (Å²) >= 11 is 6.31. The van der Waals surface area contributed by atoms with Crippen LogP contribution in [0, 0.1) is 10.1 Å². The first kappa shape index (κ1) is 19.5. The molecule has 138 valence electrons. The van der Waals surface area contributed by atoms with Crippen LogP contribution < -0.4 is 14.9 Å². The zero-order chi connectivity index (χ0) is 19.1. The Bertz CT molecular complexity index is 794. The van der Waals surface area contributed by atoms with Crippen LogP contribution in [0.25, 0.3) is 0 Å². The lowest BCUT2D eigenvalue weighted by molar-refractivity contribution is -0.384. The number of halogens is 1. The van der Waals surface area contributed by atoms with Gasteiger partial charge in [-0.1, -0.05) is 18.5 Å². The van der Waals surface area contributed by atoms with Gasteiger partial charge in [0.2, 0.25) is 0 Å². The minimum atomic E-state index is -0.454. The van der Waals surface area contributed by atoms with Crippen molar-refractivity contribution < 1.29 is 14.4 Å². The molecular weight excluding hydrogens is 358 g/mol. The SMILES string of the molecule is CC[C@H](C)Oc1c(Cl)cc(/C=N/Nc2ccc([N+](=O)[O-])cc2)cc1OC. The highest BCUT2D eigenvalue weighted by molar-refractivity contribution is 6.32. The number of anilines is 1. The number of nitro groups is 1. The van der Waals surface area contributed by atoms with Crippen molar-refractivity contribution in [2.24, 2.45) is 5.10 Å². The number of nitrogens with zero attached hydrogens (tertiary/aromatic N) is 2. The third-order valence-electron chi connectivity index (χ3n) is 3.63. The molecule has 0 unspecified atom stereocenters. The summed E-state index contributed by atoms with van der Waals surface area (Å²) in [5.41, 5.74) is 4.17. The second kappa shape index (κ2) is 9.05. The van der Waals surface area contributed by atoms with Gasteiger partial charge in [0.25, 0.3) is 5.69 Å². The number of rotatable bonds is 8. The molecule has 0 saturated carbocycles. The highest BCUT2D eigenvalue weighted by Crippen LogP contribution is 2.37. The van der Waals surface area contributed by atoms with Crippen molar-refractivity contribution in [1.82, 2.24) is 0 Å². The molecular formula is C18H20ClN3O4. The van der Waals surface area contributed by atoms with Crippen LogP contribution in [0.15, 0.2) is 41.5 Å². The molecule has 0 aliphatic carbocycles. The van der Waals surface area contributed by atoms with E-state index in [4.69, 9.17) is 21.1 Å². The molecule has 0 aliphatic heterocycles. The molecule has 0 bridgehead atoms. The van der Waals surface area contributed by atoms with Gasteiger partial charge < -0.3 is 9.47 Å². The van der Waals surface area contributed by atoms with E-state index >= 15 is 0 Å². The monoisotopic (exact) mass is 377 g/mol. The number of nitrogens with one attached hydrogen (secondary N) is 1. The molecule has 0 aliphatic rings. The summed E-state index contributed by atoms with van der Waals surface area (Å²) in [6.45, 7) is 3.98. The van der Waals surface area contributed by atoms with Gasteiger partial charge in [-0.3, -0.25) is 15.5 Å². The number of benzene rings is 2. The Morgan fingerprint density at radius 2 is 2.04 bits per heavy atom. The van der Waals surface area contributed by atoms with Crippen LogP contribution in [-0.2, 0) is 0 Å². The van der Waals surface area contributed by atoms with E-state index in [0.29, 0.717) is 22.2 Å². The lowest BCUT2D eigenvalue weighted by Gasteiger charge is -2.17. The summed E-state index contributed by atoms with van der Waals surface area (Å²) < 4.78 is 11.2. The number of hydrazone groups is 1. The van der Waals surface area contributed by atoms with Crippen molar-refractivity contribution in [2.45, 2.75) is 26.4 Å². The van der Waals surface area contributed by atoms with Crippen LogP contribution in [0.3, 0.4) is 0 Å². The summed E-state index contributed by atoms with van der Waals surface area (Å²) in [6.07, 6.45) is 2.44. The van der Waals surface area contributed by atoms with E-state index in [2.05, 4.69) is 10.5 Å². The van der Waals surface area contributed by atoms with Gasteiger partial charge in [-0.2, -0.15) is 5.10 Å². The molecule has 1 atom stereocenters. The highest BCUT2D eigenvalue weighted by Gasteiger charge is 2.14. The molecule has 8 heteroatoms.